The lowest BCUT2D eigenvalue weighted by Crippen LogP contribution is -2.52. The van der Waals surface area contributed by atoms with Gasteiger partial charge in [0.1, 0.15) is 0 Å². The number of piperazine rings is 1. The summed E-state index contributed by atoms with van der Waals surface area (Å²) in [5.41, 5.74) is 6.76. The maximum Gasteiger partial charge on any atom is 0.227 e. The molecule has 2 saturated heterocycles. The van der Waals surface area contributed by atoms with Crippen molar-refractivity contribution in [1.82, 2.24) is 19.3 Å². The van der Waals surface area contributed by atoms with E-state index in [1.54, 1.807) is 6.20 Å². The lowest BCUT2D eigenvalue weighted by molar-refractivity contribution is -0.136. The number of carbonyl (C=O) groups is 1. The van der Waals surface area contributed by atoms with Gasteiger partial charge in [-0.1, -0.05) is 12.1 Å². The van der Waals surface area contributed by atoms with Gasteiger partial charge in [-0.15, -0.1) is 0 Å². The van der Waals surface area contributed by atoms with E-state index in [1.807, 2.05) is 12.1 Å². The fourth-order valence-electron chi connectivity index (χ4n) is 5.70. The van der Waals surface area contributed by atoms with Gasteiger partial charge in [-0.05, 0) is 68.1 Å². The van der Waals surface area contributed by atoms with Crippen LogP contribution in [0.3, 0.4) is 0 Å². The molecule has 0 bridgehead atoms. The first-order valence-corrected chi connectivity index (χ1v) is 12.7. The van der Waals surface area contributed by atoms with Crippen molar-refractivity contribution >= 4 is 34.1 Å². The second-order valence-electron chi connectivity index (χ2n) is 9.86. The Bertz CT molecular complexity index is 1390. The lowest BCUT2D eigenvalue weighted by Gasteiger charge is -2.40. The summed E-state index contributed by atoms with van der Waals surface area (Å²) in [6.07, 6.45) is 5.78. The van der Waals surface area contributed by atoms with Crippen LogP contribution >= 0.6 is 0 Å². The highest BCUT2D eigenvalue weighted by atomic mass is 16.2. The molecule has 35 heavy (non-hydrogen) atoms. The molecular weight excluding hydrogens is 436 g/mol. The predicted octanol–water partition coefficient (Wildman–Crippen LogP) is 4.06. The normalized spacial score (nSPS) is 19.0. The number of amides is 1. The van der Waals surface area contributed by atoms with Gasteiger partial charge in [0.2, 0.25) is 5.91 Å². The lowest BCUT2D eigenvalue weighted by atomic mass is 9.96. The molecule has 0 aliphatic carbocycles. The summed E-state index contributed by atoms with van der Waals surface area (Å²) >= 11 is 0. The summed E-state index contributed by atoms with van der Waals surface area (Å²) in [5, 5.41) is 0. The number of rotatable bonds is 3. The van der Waals surface area contributed by atoms with Crippen LogP contribution in [0.4, 0.5) is 11.5 Å². The first-order chi connectivity index (χ1) is 17.1. The Morgan fingerprint density at radius 2 is 1.74 bits per heavy atom. The number of benzene rings is 1. The molecule has 0 radical (unpaired) electrons. The number of nitrogens with zero attached hydrogens (tertiary/aromatic N) is 6. The summed E-state index contributed by atoms with van der Waals surface area (Å²) in [6, 6.07) is 14.6. The molecule has 0 N–H and O–H groups in total. The second-order valence-corrected chi connectivity index (χ2v) is 9.86. The third kappa shape index (κ3) is 3.89. The second kappa shape index (κ2) is 8.87. The molecule has 180 valence electrons. The average Bonchev–Trinajstić information content (AvgIpc) is 3.40. The first-order valence-electron chi connectivity index (χ1n) is 12.7. The van der Waals surface area contributed by atoms with E-state index < -0.39 is 0 Å². The minimum absolute atomic E-state index is 0.00671. The van der Waals surface area contributed by atoms with Crippen LogP contribution in [0.2, 0.25) is 0 Å². The molecule has 2 aliphatic heterocycles. The third-order valence-corrected chi connectivity index (χ3v) is 7.79. The van der Waals surface area contributed by atoms with Gasteiger partial charge in [-0.3, -0.25) is 4.79 Å². The van der Waals surface area contributed by atoms with Crippen LogP contribution in [0.1, 0.15) is 24.0 Å². The molecule has 1 atom stereocenters. The largest absolute Gasteiger partial charge is 0.368 e. The molecule has 1 amide bonds. The summed E-state index contributed by atoms with van der Waals surface area (Å²) in [5.74, 6) is 1.23. The summed E-state index contributed by atoms with van der Waals surface area (Å²) in [4.78, 5) is 29.8. The summed E-state index contributed by atoms with van der Waals surface area (Å²) < 4.78 is 2.16. The maximum atomic E-state index is 13.6. The van der Waals surface area contributed by atoms with Gasteiger partial charge < -0.3 is 19.1 Å². The Hall–Kier alpha value is -3.61. The molecule has 0 spiro atoms. The van der Waals surface area contributed by atoms with Crippen LogP contribution in [0.25, 0.3) is 16.7 Å². The zero-order chi connectivity index (χ0) is 23.9. The number of hydrogen-bond acceptors (Lipinski definition) is 5. The van der Waals surface area contributed by atoms with Crippen molar-refractivity contribution in [3.05, 3.63) is 66.0 Å². The van der Waals surface area contributed by atoms with Crippen LogP contribution in [0.15, 0.2) is 54.9 Å². The minimum atomic E-state index is 0.00671. The fraction of sp³-hybridized carbons (Fsp3) is 0.393. The molecule has 2 aliphatic rings. The first kappa shape index (κ1) is 21.9. The Kier molecular flexibility index (Phi) is 5.55. The van der Waals surface area contributed by atoms with Crippen molar-refractivity contribution in [2.24, 2.45) is 5.92 Å². The molecule has 7 nitrogen and oxygen atoms in total. The number of hydrogen-bond donors (Lipinski definition) is 0. The van der Waals surface area contributed by atoms with Crippen molar-refractivity contribution < 1.29 is 4.79 Å². The molecule has 0 saturated carbocycles. The molecule has 4 aromatic rings. The number of carbonyl (C=O) groups excluding carboxylic acids is 1. The number of fused-ring (bicyclic) bond motifs is 3. The fourth-order valence-corrected chi connectivity index (χ4v) is 5.70. The number of piperidine rings is 1. The number of anilines is 2. The van der Waals surface area contributed by atoms with Crippen LogP contribution in [-0.2, 0) is 4.79 Å². The van der Waals surface area contributed by atoms with Gasteiger partial charge in [0.15, 0.2) is 11.5 Å². The van der Waals surface area contributed by atoms with E-state index in [2.05, 4.69) is 74.5 Å². The SMILES string of the molecule is Cc1cccc(N2CCN(C(=O)C3CCCN(c4nc5ncccc5n5cccc45)C3)CC2)c1C. The smallest absolute Gasteiger partial charge is 0.227 e. The van der Waals surface area contributed by atoms with E-state index in [9.17, 15) is 4.79 Å². The highest BCUT2D eigenvalue weighted by Gasteiger charge is 2.32. The Balaban J connectivity index is 1.18. The summed E-state index contributed by atoms with van der Waals surface area (Å²) in [7, 11) is 0. The Morgan fingerprint density at radius 1 is 0.914 bits per heavy atom. The van der Waals surface area contributed by atoms with Gasteiger partial charge in [0.05, 0.1) is 17.0 Å². The van der Waals surface area contributed by atoms with Crippen LogP contribution in [0.5, 0.6) is 0 Å². The maximum absolute atomic E-state index is 13.6. The molecule has 1 aromatic carbocycles. The molecule has 7 heteroatoms. The van der Waals surface area contributed by atoms with E-state index >= 15 is 0 Å². The van der Waals surface area contributed by atoms with Crippen molar-refractivity contribution in [3.63, 3.8) is 0 Å². The van der Waals surface area contributed by atoms with Crippen LogP contribution in [-0.4, -0.2) is 64.4 Å². The molecule has 3 aromatic heterocycles. The molecule has 2 fully saturated rings. The molecule has 5 heterocycles. The van der Waals surface area contributed by atoms with Crippen LogP contribution in [0, 0.1) is 19.8 Å². The number of aromatic nitrogens is 3. The number of aryl methyl sites for hydroxylation is 1. The number of pyridine rings is 1. The highest BCUT2D eigenvalue weighted by molar-refractivity contribution is 5.84. The Morgan fingerprint density at radius 3 is 2.60 bits per heavy atom. The van der Waals surface area contributed by atoms with Crippen molar-refractivity contribution in [1.29, 1.82) is 0 Å². The minimum Gasteiger partial charge on any atom is -0.368 e. The highest BCUT2D eigenvalue weighted by Crippen LogP contribution is 2.30. The average molecular weight is 469 g/mol. The van der Waals surface area contributed by atoms with Crippen molar-refractivity contribution in [3.8, 4) is 0 Å². The third-order valence-electron chi connectivity index (χ3n) is 7.79. The standard InChI is InChI=1S/C28H32N6O/c1-20-7-3-9-23(21(20)2)31-15-17-32(18-16-31)28(35)22-8-5-13-33(19-22)27-25-11-6-14-34(25)24-10-4-12-29-26(24)30-27/h3-4,6-7,9-12,14,22H,5,8,13,15-19H2,1-2H3. The van der Waals surface area contributed by atoms with Crippen molar-refractivity contribution in [2.75, 3.05) is 49.1 Å². The monoisotopic (exact) mass is 468 g/mol. The van der Waals surface area contributed by atoms with E-state index in [-0.39, 0.29) is 5.92 Å². The van der Waals surface area contributed by atoms with Gasteiger partial charge in [0, 0.05) is 57.3 Å². The molecule has 1 unspecified atom stereocenters. The van der Waals surface area contributed by atoms with Gasteiger partial charge >= 0.3 is 0 Å². The zero-order valence-corrected chi connectivity index (χ0v) is 20.5. The van der Waals surface area contributed by atoms with Crippen molar-refractivity contribution in [2.45, 2.75) is 26.7 Å². The van der Waals surface area contributed by atoms with E-state index in [0.29, 0.717) is 12.5 Å². The Labute approximate surface area is 206 Å². The van der Waals surface area contributed by atoms with Gasteiger partial charge in [0.25, 0.3) is 0 Å². The zero-order valence-electron chi connectivity index (χ0n) is 20.5. The van der Waals surface area contributed by atoms with E-state index in [1.165, 1.54) is 16.8 Å². The summed E-state index contributed by atoms with van der Waals surface area (Å²) in [6.45, 7) is 9.31. The predicted molar refractivity (Wildman–Crippen MR) is 140 cm³/mol. The topological polar surface area (TPSA) is 57.0 Å². The van der Waals surface area contributed by atoms with E-state index in [4.69, 9.17) is 4.98 Å². The molecular formula is C28H32N6O. The quantitative estimate of drug-likeness (QED) is 0.454. The van der Waals surface area contributed by atoms with Gasteiger partial charge in [-0.25, -0.2) is 9.97 Å². The van der Waals surface area contributed by atoms with Gasteiger partial charge in [-0.2, -0.15) is 0 Å². The van der Waals surface area contributed by atoms with Crippen LogP contribution < -0.4 is 9.80 Å². The molecule has 6 rings (SSSR count). The van der Waals surface area contributed by atoms with E-state index in [0.717, 1.165) is 68.1 Å².